The molecule has 0 aliphatic heterocycles. The minimum atomic E-state index is -1.04. The minimum Gasteiger partial charge on any atom is -0.478 e. The van der Waals surface area contributed by atoms with E-state index in [9.17, 15) is 9.59 Å². The Morgan fingerprint density at radius 2 is 1.83 bits per heavy atom. The first-order valence-electron chi connectivity index (χ1n) is 7.57. The number of carbonyl (C=O) groups is 2. The van der Waals surface area contributed by atoms with Gasteiger partial charge in [0, 0.05) is 13.1 Å². The van der Waals surface area contributed by atoms with Gasteiger partial charge in [-0.05, 0) is 38.0 Å². The first kappa shape index (κ1) is 16.7. The number of aromatic carboxylic acids is 1. The SMILES string of the molecule is CCN(CCc1ccccc1)C(=O)c1ccc(C(=O)O)c(C)n1. The molecule has 1 aromatic heterocycles. The van der Waals surface area contributed by atoms with Crippen LogP contribution < -0.4 is 0 Å². The van der Waals surface area contributed by atoms with Crippen LogP contribution in [0.5, 0.6) is 0 Å². The maximum absolute atomic E-state index is 12.5. The fourth-order valence-electron chi connectivity index (χ4n) is 2.38. The molecule has 0 saturated heterocycles. The smallest absolute Gasteiger partial charge is 0.337 e. The second-order valence-electron chi connectivity index (χ2n) is 5.26. The first-order chi connectivity index (χ1) is 11.0. The highest BCUT2D eigenvalue weighted by Gasteiger charge is 2.17. The summed E-state index contributed by atoms with van der Waals surface area (Å²) < 4.78 is 0. The summed E-state index contributed by atoms with van der Waals surface area (Å²) in [5, 5.41) is 9.03. The maximum Gasteiger partial charge on any atom is 0.337 e. The summed E-state index contributed by atoms with van der Waals surface area (Å²) in [6.07, 6.45) is 0.770. The number of likely N-dealkylation sites (N-methyl/N-ethyl adjacent to an activating group) is 1. The van der Waals surface area contributed by atoms with Gasteiger partial charge in [-0.1, -0.05) is 30.3 Å². The van der Waals surface area contributed by atoms with E-state index in [1.54, 1.807) is 11.8 Å². The van der Waals surface area contributed by atoms with Crippen molar-refractivity contribution in [3.05, 3.63) is 65.0 Å². The highest BCUT2D eigenvalue weighted by Crippen LogP contribution is 2.10. The molecule has 23 heavy (non-hydrogen) atoms. The molecule has 0 saturated carbocycles. The normalized spacial score (nSPS) is 10.3. The molecule has 2 aromatic rings. The Labute approximate surface area is 135 Å². The lowest BCUT2D eigenvalue weighted by molar-refractivity contribution is 0.0692. The summed E-state index contributed by atoms with van der Waals surface area (Å²) in [5.74, 6) is -1.21. The van der Waals surface area contributed by atoms with Crippen molar-refractivity contribution in [3.8, 4) is 0 Å². The summed E-state index contributed by atoms with van der Waals surface area (Å²) >= 11 is 0. The van der Waals surface area contributed by atoms with Crippen molar-refractivity contribution in [1.29, 1.82) is 0 Å². The third kappa shape index (κ3) is 4.16. The highest BCUT2D eigenvalue weighted by atomic mass is 16.4. The predicted octanol–water partition coefficient (Wildman–Crippen LogP) is 2.79. The maximum atomic E-state index is 12.5. The first-order valence-corrected chi connectivity index (χ1v) is 7.57. The number of carboxylic acids is 1. The average Bonchev–Trinajstić information content (AvgIpc) is 2.55. The van der Waals surface area contributed by atoms with E-state index in [2.05, 4.69) is 4.98 Å². The number of hydrogen-bond donors (Lipinski definition) is 1. The van der Waals surface area contributed by atoms with Crippen molar-refractivity contribution in [2.75, 3.05) is 13.1 Å². The van der Waals surface area contributed by atoms with Gasteiger partial charge in [-0.15, -0.1) is 0 Å². The lowest BCUT2D eigenvalue weighted by Crippen LogP contribution is -2.33. The van der Waals surface area contributed by atoms with Gasteiger partial charge in [-0.3, -0.25) is 4.79 Å². The number of nitrogens with zero attached hydrogens (tertiary/aromatic N) is 2. The third-order valence-electron chi connectivity index (χ3n) is 3.72. The Kier molecular flexibility index (Phi) is 5.46. The number of aromatic nitrogens is 1. The number of carbonyl (C=O) groups excluding carboxylic acids is 1. The molecule has 0 aliphatic carbocycles. The molecule has 0 atom stereocenters. The zero-order valence-electron chi connectivity index (χ0n) is 13.3. The topological polar surface area (TPSA) is 70.5 Å². The van der Waals surface area contributed by atoms with Gasteiger partial charge in [-0.25, -0.2) is 9.78 Å². The van der Waals surface area contributed by atoms with Crippen LogP contribution in [0.3, 0.4) is 0 Å². The Balaban J connectivity index is 2.10. The van der Waals surface area contributed by atoms with E-state index < -0.39 is 5.97 Å². The number of carboxylic acid groups (broad SMARTS) is 1. The van der Waals surface area contributed by atoms with Gasteiger partial charge < -0.3 is 10.0 Å². The van der Waals surface area contributed by atoms with Gasteiger partial charge in [0.1, 0.15) is 5.69 Å². The van der Waals surface area contributed by atoms with E-state index in [0.29, 0.717) is 18.8 Å². The van der Waals surface area contributed by atoms with Crippen molar-refractivity contribution >= 4 is 11.9 Å². The summed E-state index contributed by atoms with van der Waals surface area (Å²) in [5.41, 5.74) is 1.92. The van der Waals surface area contributed by atoms with Crippen LogP contribution in [0, 0.1) is 6.92 Å². The molecule has 1 amide bonds. The van der Waals surface area contributed by atoms with Gasteiger partial charge in [0.25, 0.3) is 5.91 Å². The summed E-state index contributed by atoms with van der Waals surface area (Å²) in [4.78, 5) is 29.4. The van der Waals surface area contributed by atoms with Crippen LogP contribution in [0.2, 0.25) is 0 Å². The quantitative estimate of drug-likeness (QED) is 0.890. The Morgan fingerprint density at radius 3 is 2.39 bits per heavy atom. The van der Waals surface area contributed by atoms with Gasteiger partial charge in [0.2, 0.25) is 0 Å². The molecule has 1 N–H and O–H groups in total. The van der Waals surface area contributed by atoms with E-state index in [1.807, 2.05) is 37.3 Å². The number of pyridine rings is 1. The zero-order chi connectivity index (χ0) is 16.8. The van der Waals surface area contributed by atoms with Gasteiger partial charge in [0.05, 0.1) is 11.3 Å². The molecule has 5 nitrogen and oxygen atoms in total. The molecule has 120 valence electrons. The molecular weight excluding hydrogens is 292 g/mol. The summed E-state index contributed by atoms with van der Waals surface area (Å²) in [6.45, 7) is 4.69. The Hall–Kier alpha value is -2.69. The molecule has 0 spiro atoms. The van der Waals surface area contributed by atoms with E-state index in [4.69, 9.17) is 5.11 Å². The second-order valence-corrected chi connectivity index (χ2v) is 5.26. The van der Waals surface area contributed by atoms with Crippen molar-refractivity contribution in [2.45, 2.75) is 20.3 Å². The highest BCUT2D eigenvalue weighted by molar-refractivity contribution is 5.94. The Bertz CT molecular complexity index is 699. The second kappa shape index (κ2) is 7.54. The Morgan fingerprint density at radius 1 is 1.13 bits per heavy atom. The zero-order valence-corrected chi connectivity index (χ0v) is 13.3. The third-order valence-corrected chi connectivity index (χ3v) is 3.72. The fourth-order valence-corrected chi connectivity index (χ4v) is 2.38. The average molecular weight is 312 g/mol. The number of hydrogen-bond acceptors (Lipinski definition) is 3. The molecule has 0 radical (unpaired) electrons. The number of rotatable bonds is 6. The fraction of sp³-hybridized carbons (Fsp3) is 0.278. The van der Waals surface area contributed by atoms with Crippen LogP contribution in [0.4, 0.5) is 0 Å². The van der Waals surface area contributed by atoms with Gasteiger partial charge >= 0.3 is 5.97 Å². The van der Waals surface area contributed by atoms with Gasteiger partial charge in [-0.2, -0.15) is 0 Å². The molecule has 1 aromatic carbocycles. The van der Waals surface area contributed by atoms with Crippen LogP contribution in [-0.2, 0) is 6.42 Å². The predicted molar refractivity (Wildman–Crippen MR) is 87.7 cm³/mol. The summed E-state index contributed by atoms with van der Waals surface area (Å²) in [6, 6.07) is 12.9. The van der Waals surface area contributed by atoms with Crippen LogP contribution >= 0.6 is 0 Å². The number of amides is 1. The lowest BCUT2D eigenvalue weighted by Gasteiger charge is -2.20. The summed E-state index contributed by atoms with van der Waals surface area (Å²) in [7, 11) is 0. The number of benzene rings is 1. The van der Waals surface area contributed by atoms with Crippen LogP contribution in [0.1, 0.15) is 39.0 Å². The van der Waals surface area contributed by atoms with Crippen molar-refractivity contribution in [2.24, 2.45) is 0 Å². The monoisotopic (exact) mass is 312 g/mol. The molecule has 5 heteroatoms. The lowest BCUT2D eigenvalue weighted by atomic mass is 10.1. The van der Waals surface area contributed by atoms with E-state index in [-0.39, 0.29) is 17.2 Å². The molecule has 0 bridgehead atoms. The number of aryl methyl sites for hydroxylation is 1. The molecule has 0 aliphatic rings. The van der Waals surface area contributed by atoms with E-state index in [1.165, 1.54) is 17.7 Å². The van der Waals surface area contributed by atoms with Crippen LogP contribution in [0.15, 0.2) is 42.5 Å². The molecular formula is C18H20N2O3. The van der Waals surface area contributed by atoms with Gasteiger partial charge in [0.15, 0.2) is 0 Å². The van der Waals surface area contributed by atoms with Crippen molar-refractivity contribution in [3.63, 3.8) is 0 Å². The largest absolute Gasteiger partial charge is 0.478 e. The van der Waals surface area contributed by atoms with Crippen LogP contribution in [0.25, 0.3) is 0 Å². The molecule has 0 unspecified atom stereocenters. The molecule has 0 fully saturated rings. The minimum absolute atomic E-state index is 0.119. The molecule has 1 heterocycles. The standard InChI is InChI=1S/C18H20N2O3/c1-3-20(12-11-14-7-5-4-6-8-14)17(21)16-10-9-15(18(22)23)13(2)19-16/h4-10H,3,11-12H2,1-2H3,(H,22,23). The van der Waals surface area contributed by atoms with Crippen molar-refractivity contribution in [1.82, 2.24) is 9.88 Å². The van der Waals surface area contributed by atoms with Crippen molar-refractivity contribution < 1.29 is 14.7 Å². The van der Waals surface area contributed by atoms with E-state index in [0.717, 1.165) is 6.42 Å². The molecule has 2 rings (SSSR count). The van der Waals surface area contributed by atoms with Crippen LogP contribution in [-0.4, -0.2) is 40.0 Å². The van der Waals surface area contributed by atoms with E-state index >= 15 is 0 Å².